The Bertz CT molecular complexity index is 750. The van der Waals surface area contributed by atoms with Gasteiger partial charge in [0.2, 0.25) is 0 Å². The standard InChI is InChI=1S/C18H19NOS/c1-12-6-9-17(21-12)18(19)16(11-20)15-8-7-13-4-2-3-5-14(13)10-15/h2-10,16,18,20H,11,19H2,1H3. The van der Waals surface area contributed by atoms with E-state index in [4.69, 9.17) is 5.73 Å². The Morgan fingerprint density at radius 1 is 1.05 bits per heavy atom. The first-order chi connectivity index (χ1) is 10.2. The van der Waals surface area contributed by atoms with Gasteiger partial charge in [-0.3, -0.25) is 0 Å². The fourth-order valence-electron chi connectivity index (χ4n) is 2.70. The molecule has 21 heavy (non-hydrogen) atoms. The maximum atomic E-state index is 9.81. The van der Waals surface area contributed by atoms with Crippen LogP contribution in [0, 0.1) is 6.92 Å². The Labute approximate surface area is 128 Å². The lowest BCUT2D eigenvalue weighted by atomic mass is 9.90. The molecular formula is C18H19NOS. The molecule has 0 amide bonds. The second kappa shape index (κ2) is 5.98. The highest BCUT2D eigenvalue weighted by Crippen LogP contribution is 2.33. The van der Waals surface area contributed by atoms with E-state index in [0.717, 1.165) is 10.4 Å². The number of nitrogens with two attached hydrogens (primary N) is 1. The fourth-order valence-corrected chi connectivity index (χ4v) is 3.64. The molecule has 3 aromatic rings. The third-order valence-electron chi connectivity index (χ3n) is 3.92. The quantitative estimate of drug-likeness (QED) is 0.765. The van der Waals surface area contributed by atoms with Crippen LogP contribution in [-0.4, -0.2) is 11.7 Å². The molecule has 2 aromatic carbocycles. The molecule has 0 saturated heterocycles. The summed E-state index contributed by atoms with van der Waals surface area (Å²) in [5, 5.41) is 12.2. The van der Waals surface area contributed by atoms with Crippen LogP contribution in [0.15, 0.2) is 54.6 Å². The molecule has 0 aliphatic heterocycles. The summed E-state index contributed by atoms with van der Waals surface area (Å²) in [5.41, 5.74) is 7.48. The number of hydrogen-bond acceptors (Lipinski definition) is 3. The number of hydrogen-bond donors (Lipinski definition) is 2. The van der Waals surface area contributed by atoms with Crippen molar-refractivity contribution in [2.24, 2.45) is 5.73 Å². The van der Waals surface area contributed by atoms with E-state index in [1.807, 2.05) is 12.1 Å². The SMILES string of the molecule is Cc1ccc(C(N)C(CO)c2ccc3ccccc3c2)s1. The number of thiophene rings is 1. The van der Waals surface area contributed by atoms with E-state index in [9.17, 15) is 5.11 Å². The van der Waals surface area contributed by atoms with Crippen LogP contribution in [0.3, 0.4) is 0 Å². The summed E-state index contributed by atoms with van der Waals surface area (Å²) in [6.45, 7) is 2.13. The monoisotopic (exact) mass is 297 g/mol. The molecule has 2 nitrogen and oxygen atoms in total. The topological polar surface area (TPSA) is 46.2 Å². The van der Waals surface area contributed by atoms with Gasteiger partial charge in [0.05, 0.1) is 6.61 Å². The molecular weight excluding hydrogens is 278 g/mol. The molecule has 0 radical (unpaired) electrons. The highest BCUT2D eigenvalue weighted by molar-refractivity contribution is 7.12. The van der Waals surface area contributed by atoms with Crippen molar-refractivity contribution in [3.8, 4) is 0 Å². The number of aryl methyl sites for hydroxylation is 1. The van der Waals surface area contributed by atoms with Crippen molar-refractivity contribution in [2.75, 3.05) is 6.61 Å². The van der Waals surface area contributed by atoms with Crippen LogP contribution in [0.25, 0.3) is 10.8 Å². The van der Waals surface area contributed by atoms with E-state index in [1.54, 1.807) is 11.3 Å². The first-order valence-electron chi connectivity index (χ1n) is 7.10. The summed E-state index contributed by atoms with van der Waals surface area (Å²) in [6, 6.07) is 18.5. The van der Waals surface area contributed by atoms with Crippen LogP contribution in [0.2, 0.25) is 0 Å². The molecule has 1 aromatic heterocycles. The van der Waals surface area contributed by atoms with E-state index < -0.39 is 0 Å². The third-order valence-corrected chi connectivity index (χ3v) is 5.02. The minimum Gasteiger partial charge on any atom is -0.396 e. The maximum Gasteiger partial charge on any atom is 0.0518 e. The molecule has 108 valence electrons. The van der Waals surface area contributed by atoms with E-state index >= 15 is 0 Å². The van der Waals surface area contributed by atoms with Crippen LogP contribution in [-0.2, 0) is 0 Å². The lowest BCUT2D eigenvalue weighted by Gasteiger charge is -2.22. The number of aliphatic hydroxyl groups is 1. The molecule has 3 heteroatoms. The number of rotatable bonds is 4. The van der Waals surface area contributed by atoms with Gasteiger partial charge in [-0.25, -0.2) is 0 Å². The molecule has 0 bridgehead atoms. The number of benzene rings is 2. The summed E-state index contributed by atoms with van der Waals surface area (Å²) in [5.74, 6) is -0.0762. The van der Waals surface area contributed by atoms with E-state index in [-0.39, 0.29) is 18.6 Å². The van der Waals surface area contributed by atoms with E-state index in [2.05, 4.69) is 49.4 Å². The number of aliphatic hydroxyl groups excluding tert-OH is 1. The van der Waals surface area contributed by atoms with Crippen molar-refractivity contribution >= 4 is 22.1 Å². The molecule has 2 unspecified atom stereocenters. The first-order valence-corrected chi connectivity index (χ1v) is 7.92. The largest absolute Gasteiger partial charge is 0.396 e. The lowest BCUT2D eigenvalue weighted by Crippen LogP contribution is -2.21. The molecule has 0 aliphatic carbocycles. The Hall–Kier alpha value is -1.68. The zero-order valence-electron chi connectivity index (χ0n) is 12.0. The zero-order valence-corrected chi connectivity index (χ0v) is 12.8. The van der Waals surface area contributed by atoms with Gasteiger partial charge < -0.3 is 10.8 Å². The van der Waals surface area contributed by atoms with Crippen molar-refractivity contribution in [3.63, 3.8) is 0 Å². The summed E-state index contributed by atoms with van der Waals surface area (Å²) in [6.07, 6.45) is 0. The molecule has 0 saturated carbocycles. The molecule has 0 aliphatic rings. The van der Waals surface area contributed by atoms with Gasteiger partial charge in [0.15, 0.2) is 0 Å². The van der Waals surface area contributed by atoms with Gasteiger partial charge >= 0.3 is 0 Å². The molecule has 0 fully saturated rings. The van der Waals surface area contributed by atoms with Gasteiger partial charge in [-0.2, -0.15) is 0 Å². The van der Waals surface area contributed by atoms with Crippen molar-refractivity contribution in [3.05, 3.63) is 69.9 Å². The Morgan fingerprint density at radius 3 is 2.48 bits per heavy atom. The molecule has 3 rings (SSSR count). The van der Waals surface area contributed by atoms with Crippen LogP contribution >= 0.6 is 11.3 Å². The highest BCUT2D eigenvalue weighted by atomic mass is 32.1. The lowest BCUT2D eigenvalue weighted by molar-refractivity contribution is 0.249. The van der Waals surface area contributed by atoms with Crippen LogP contribution < -0.4 is 5.73 Å². The van der Waals surface area contributed by atoms with Crippen LogP contribution in [0.1, 0.15) is 27.3 Å². The van der Waals surface area contributed by atoms with Gasteiger partial charge in [-0.1, -0.05) is 42.5 Å². The first kappa shape index (κ1) is 14.3. The Morgan fingerprint density at radius 2 is 1.81 bits per heavy atom. The predicted molar refractivity (Wildman–Crippen MR) is 89.8 cm³/mol. The molecule has 2 atom stereocenters. The second-order valence-corrected chi connectivity index (χ2v) is 6.69. The van der Waals surface area contributed by atoms with Gasteiger partial charge in [0.1, 0.15) is 0 Å². The van der Waals surface area contributed by atoms with Gasteiger partial charge in [0, 0.05) is 21.7 Å². The van der Waals surface area contributed by atoms with Gasteiger partial charge in [0.25, 0.3) is 0 Å². The van der Waals surface area contributed by atoms with Gasteiger partial charge in [-0.15, -0.1) is 11.3 Å². The summed E-state index contributed by atoms with van der Waals surface area (Å²) in [7, 11) is 0. The average Bonchev–Trinajstić information content (AvgIpc) is 2.94. The minimum absolute atomic E-state index is 0.0520. The van der Waals surface area contributed by atoms with Gasteiger partial charge in [-0.05, 0) is 35.4 Å². The van der Waals surface area contributed by atoms with E-state index in [1.165, 1.54) is 15.6 Å². The minimum atomic E-state index is -0.171. The Kier molecular flexibility index (Phi) is 4.06. The second-order valence-electron chi connectivity index (χ2n) is 5.37. The highest BCUT2D eigenvalue weighted by Gasteiger charge is 2.22. The van der Waals surface area contributed by atoms with Crippen molar-refractivity contribution in [1.82, 2.24) is 0 Å². The maximum absolute atomic E-state index is 9.81. The van der Waals surface area contributed by atoms with Crippen molar-refractivity contribution in [1.29, 1.82) is 0 Å². The smallest absolute Gasteiger partial charge is 0.0518 e. The average molecular weight is 297 g/mol. The van der Waals surface area contributed by atoms with E-state index in [0.29, 0.717) is 0 Å². The summed E-state index contributed by atoms with van der Waals surface area (Å²) < 4.78 is 0. The van der Waals surface area contributed by atoms with Crippen LogP contribution in [0.5, 0.6) is 0 Å². The normalized spacial score (nSPS) is 14.2. The Balaban J connectivity index is 1.97. The summed E-state index contributed by atoms with van der Waals surface area (Å²) in [4.78, 5) is 2.37. The zero-order chi connectivity index (χ0) is 14.8. The number of fused-ring (bicyclic) bond motifs is 1. The molecule has 3 N–H and O–H groups in total. The predicted octanol–water partition coefficient (Wildman–Crippen LogP) is 3.99. The van der Waals surface area contributed by atoms with Crippen molar-refractivity contribution < 1.29 is 5.11 Å². The molecule has 0 spiro atoms. The molecule has 1 heterocycles. The van der Waals surface area contributed by atoms with Crippen LogP contribution in [0.4, 0.5) is 0 Å². The summed E-state index contributed by atoms with van der Waals surface area (Å²) >= 11 is 1.70. The third kappa shape index (κ3) is 2.86. The van der Waals surface area contributed by atoms with Crippen molar-refractivity contribution in [2.45, 2.75) is 18.9 Å². The fraction of sp³-hybridized carbons (Fsp3) is 0.222.